The van der Waals surface area contributed by atoms with Crippen LogP contribution in [0.4, 0.5) is 9.59 Å². The maximum Gasteiger partial charge on any atom is 0.509 e. The van der Waals surface area contributed by atoms with E-state index >= 15 is 0 Å². The molecule has 0 heterocycles. The molecule has 1 N–H and O–H groups in total. The molecule has 0 amide bonds. The van der Waals surface area contributed by atoms with Crippen molar-refractivity contribution in [2.24, 2.45) is 0 Å². The number of ether oxygens (including phenoxy) is 4. The highest BCUT2D eigenvalue weighted by atomic mass is 16.7. The Kier molecular flexibility index (Phi) is 7.53. The van der Waals surface area contributed by atoms with E-state index in [4.69, 9.17) is 14.6 Å². The van der Waals surface area contributed by atoms with E-state index in [1.54, 1.807) is 13.8 Å². The highest BCUT2D eigenvalue weighted by Crippen LogP contribution is 2.11. The van der Waals surface area contributed by atoms with Gasteiger partial charge in [-0.2, -0.15) is 0 Å². The molecule has 104 valence electrons. The average Bonchev–Trinajstić information content (AvgIpc) is 2.24. The van der Waals surface area contributed by atoms with E-state index in [1.807, 2.05) is 0 Å². The van der Waals surface area contributed by atoms with Gasteiger partial charge in [0.1, 0.15) is 18.8 Å². The first-order chi connectivity index (χ1) is 8.37. The first-order valence-corrected chi connectivity index (χ1v) is 5.27. The van der Waals surface area contributed by atoms with E-state index in [0.29, 0.717) is 0 Å². The van der Waals surface area contributed by atoms with Crippen LogP contribution in [0.25, 0.3) is 0 Å². The molecule has 0 bridgehead atoms. The minimum Gasteiger partial charge on any atom is -0.450 e. The normalized spacial score (nSPS) is 10.6. The molecule has 0 saturated heterocycles. The second-order valence-corrected chi connectivity index (χ2v) is 3.88. The second-order valence-electron chi connectivity index (χ2n) is 3.88. The van der Waals surface area contributed by atoms with Crippen LogP contribution in [0.5, 0.6) is 0 Å². The van der Waals surface area contributed by atoms with Crippen LogP contribution in [-0.2, 0) is 18.9 Å². The molecule has 0 radical (unpaired) electrons. The number of carbonyl (C=O) groups excluding carboxylic acids is 1. The van der Waals surface area contributed by atoms with Gasteiger partial charge >= 0.3 is 12.3 Å². The van der Waals surface area contributed by atoms with Gasteiger partial charge in [0.15, 0.2) is 0 Å². The van der Waals surface area contributed by atoms with Gasteiger partial charge in [0.25, 0.3) is 0 Å². The molecule has 18 heavy (non-hydrogen) atoms. The zero-order valence-electron chi connectivity index (χ0n) is 10.5. The zero-order chi connectivity index (χ0) is 14.0. The molecule has 0 spiro atoms. The fraction of sp³-hybridized carbons (Fsp3) is 0.636. The highest BCUT2D eigenvalue weighted by molar-refractivity contribution is 5.60. The second kappa shape index (κ2) is 8.35. The third kappa shape index (κ3) is 9.46. The summed E-state index contributed by atoms with van der Waals surface area (Å²) in [4.78, 5) is 21.2. The van der Waals surface area contributed by atoms with Crippen LogP contribution in [0, 0.1) is 0 Å². The van der Waals surface area contributed by atoms with Crippen LogP contribution in [0.15, 0.2) is 12.7 Å². The van der Waals surface area contributed by atoms with Crippen LogP contribution in [0.2, 0.25) is 0 Å². The summed E-state index contributed by atoms with van der Waals surface area (Å²) in [5, 5.41) is 8.20. The van der Waals surface area contributed by atoms with Crippen LogP contribution >= 0.6 is 0 Å². The van der Waals surface area contributed by atoms with Crippen molar-refractivity contribution in [1.82, 2.24) is 0 Å². The Bertz CT molecular complexity index is 285. The van der Waals surface area contributed by atoms with Crippen molar-refractivity contribution in [2.45, 2.75) is 19.4 Å². The molecule has 0 aromatic carbocycles. The van der Waals surface area contributed by atoms with Gasteiger partial charge in [-0.25, -0.2) is 9.59 Å². The molecule has 0 aliphatic carbocycles. The lowest BCUT2D eigenvalue weighted by Crippen LogP contribution is -2.34. The molecule has 0 aromatic rings. The molecule has 0 aliphatic heterocycles. The van der Waals surface area contributed by atoms with Gasteiger partial charge in [-0.1, -0.05) is 12.7 Å². The summed E-state index contributed by atoms with van der Waals surface area (Å²) in [5.74, 6) is 0. The first-order valence-electron chi connectivity index (χ1n) is 5.27. The van der Waals surface area contributed by atoms with E-state index in [9.17, 15) is 9.59 Å². The van der Waals surface area contributed by atoms with Gasteiger partial charge in [0.05, 0.1) is 13.2 Å². The summed E-state index contributed by atoms with van der Waals surface area (Å²) < 4.78 is 19.0. The summed E-state index contributed by atoms with van der Waals surface area (Å²) >= 11 is 0. The van der Waals surface area contributed by atoms with Crippen molar-refractivity contribution in [3.8, 4) is 0 Å². The topological polar surface area (TPSA) is 91.3 Å². The summed E-state index contributed by atoms with van der Waals surface area (Å²) in [6, 6.07) is 0. The van der Waals surface area contributed by atoms with Crippen molar-refractivity contribution in [3.63, 3.8) is 0 Å². The minimum atomic E-state index is -1.36. The lowest BCUT2D eigenvalue weighted by atomic mass is 10.1. The lowest BCUT2D eigenvalue weighted by Gasteiger charge is -2.24. The van der Waals surface area contributed by atoms with E-state index in [0.717, 1.165) is 0 Å². The molecule has 7 heteroatoms. The molecule has 0 fully saturated rings. The Balaban J connectivity index is 3.75. The predicted molar refractivity (Wildman–Crippen MR) is 61.5 cm³/mol. The van der Waals surface area contributed by atoms with Crippen molar-refractivity contribution in [3.05, 3.63) is 12.7 Å². The zero-order valence-corrected chi connectivity index (χ0v) is 10.5. The van der Waals surface area contributed by atoms with E-state index in [2.05, 4.69) is 16.1 Å². The standard InChI is InChI=1S/C11H18O7/c1-4-5-17-10(14)18-11(2,3)8-15-6-7-16-9(12)13/h4H,1,5-8H2,2-3H3,(H,12,13). The number of carbonyl (C=O) groups is 2. The SMILES string of the molecule is C=CCOC(=O)OC(C)(C)COCCOC(=O)O. The fourth-order valence-corrected chi connectivity index (χ4v) is 0.917. The monoisotopic (exact) mass is 262 g/mol. The van der Waals surface area contributed by atoms with Gasteiger partial charge in [0, 0.05) is 0 Å². The van der Waals surface area contributed by atoms with Crippen LogP contribution < -0.4 is 0 Å². The van der Waals surface area contributed by atoms with Crippen molar-refractivity contribution in [2.75, 3.05) is 26.4 Å². The largest absolute Gasteiger partial charge is 0.509 e. The Hall–Kier alpha value is -1.76. The highest BCUT2D eigenvalue weighted by Gasteiger charge is 2.24. The Morgan fingerprint density at radius 3 is 2.50 bits per heavy atom. The van der Waals surface area contributed by atoms with Crippen LogP contribution in [0.3, 0.4) is 0 Å². The van der Waals surface area contributed by atoms with Gasteiger partial charge < -0.3 is 24.1 Å². The summed E-state index contributed by atoms with van der Waals surface area (Å²) in [6.07, 6.45) is -0.749. The first kappa shape index (κ1) is 16.2. The minimum absolute atomic E-state index is 0.0716. The van der Waals surface area contributed by atoms with Crippen LogP contribution in [0.1, 0.15) is 13.8 Å². The third-order valence-electron chi connectivity index (χ3n) is 1.58. The molecule has 0 aliphatic rings. The van der Waals surface area contributed by atoms with Gasteiger partial charge in [-0.05, 0) is 13.8 Å². The Labute approximate surface area is 105 Å². The maximum atomic E-state index is 11.1. The molecule has 0 rings (SSSR count). The molecule has 0 aromatic heterocycles. The van der Waals surface area contributed by atoms with Crippen molar-refractivity contribution < 1.29 is 33.6 Å². The average molecular weight is 262 g/mol. The molecule has 7 nitrogen and oxygen atoms in total. The molecular formula is C11H18O7. The quantitative estimate of drug-likeness (QED) is 0.405. The Morgan fingerprint density at radius 2 is 1.94 bits per heavy atom. The summed E-state index contributed by atoms with van der Waals surface area (Å²) in [5.41, 5.74) is -0.874. The number of hydrogen-bond donors (Lipinski definition) is 1. The lowest BCUT2D eigenvalue weighted by molar-refractivity contribution is -0.0646. The maximum absolute atomic E-state index is 11.1. The van der Waals surface area contributed by atoms with E-state index in [-0.39, 0.29) is 26.4 Å². The number of hydrogen-bond acceptors (Lipinski definition) is 6. The van der Waals surface area contributed by atoms with E-state index < -0.39 is 17.9 Å². The van der Waals surface area contributed by atoms with Crippen molar-refractivity contribution >= 4 is 12.3 Å². The molecular weight excluding hydrogens is 244 g/mol. The third-order valence-corrected chi connectivity index (χ3v) is 1.58. The number of rotatable bonds is 8. The molecule has 0 atom stereocenters. The molecule has 0 saturated carbocycles. The molecule has 0 unspecified atom stereocenters. The fourth-order valence-electron chi connectivity index (χ4n) is 0.917. The van der Waals surface area contributed by atoms with Crippen molar-refractivity contribution in [1.29, 1.82) is 0 Å². The Morgan fingerprint density at radius 1 is 1.28 bits per heavy atom. The van der Waals surface area contributed by atoms with Gasteiger partial charge in [-0.3, -0.25) is 0 Å². The number of carboxylic acid groups (broad SMARTS) is 1. The smallest absolute Gasteiger partial charge is 0.450 e. The van der Waals surface area contributed by atoms with E-state index in [1.165, 1.54) is 6.08 Å². The van der Waals surface area contributed by atoms with Crippen LogP contribution in [-0.4, -0.2) is 49.4 Å². The summed E-state index contributed by atoms with van der Waals surface area (Å²) in [6.45, 7) is 6.85. The predicted octanol–water partition coefficient (Wildman–Crippen LogP) is 1.82. The van der Waals surface area contributed by atoms with Gasteiger partial charge in [0.2, 0.25) is 0 Å². The summed E-state index contributed by atoms with van der Waals surface area (Å²) in [7, 11) is 0. The van der Waals surface area contributed by atoms with Gasteiger partial charge in [-0.15, -0.1) is 0 Å².